The molecule has 1 aliphatic rings. The van der Waals surface area contributed by atoms with Gasteiger partial charge in [0, 0.05) is 19.5 Å². The number of hydrogen-bond acceptors (Lipinski definition) is 6. The zero-order valence-electron chi connectivity index (χ0n) is 20.8. The van der Waals surface area contributed by atoms with Crippen LogP contribution in [-0.2, 0) is 20.8 Å². The number of hydrogen-bond donors (Lipinski definition) is 3. The van der Waals surface area contributed by atoms with E-state index < -0.39 is 41.7 Å². The monoisotopic (exact) mass is 525 g/mol. The minimum absolute atomic E-state index is 0.0114. The summed E-state index contributed by atoms with van der Waals surface area (Å²) in [6.07, 6.45) is 0.330. The predicted octanol–water partition coefficient (Wildman–Crippen LogP) is 2.27. The van der Waals surface area contributed by atoms with E-state index in [9.17, 15) is 29.1 Å². The van der Waals surface area contributed by atoms with Crippen molar-refractivity contribution < 1.29 is 29.1 Å². The van der Waals surface area contributed by atoms with E-state index in [1.807, 2.05) is 19.9 Å². The Morgan fingerprint density at radius 1 is 0.973 bits per heavy atom. The zero-order chi connectivity index (χ0) is 27.1. The number of benzene rings is 2. The summed E-state index contributed by atoms with van der Waals surface area (Å²) >= 11 is 4.09. The van der Waals surface area contributed by atoms with Crippen LogP contribution in [-0.4, -0.2) is 75.4 Å². The van der Waals surface area contributed by atoms with Crippen molar-refractivity contribution in [3.63, 3.8) is 0 Å². The molecule has 2 N–H and O–H groups in total. The highest BCUT2D eigenvalue weighted by atomic mass is 32.1. The Hall–Kier alpha value is -3.66. The maximum absolute atomic E-state index is 13.4. The summed E-state index contributed by atoms with van der Waals surface area (Å²) in [5.41, 5.74) is 1.33. The first-order valence-electron chi connectivity index (χ1n) is 12.1. The van der Waals surface area contributed by atoms with Crippen molar-refractivity contribution in [2.75, 3.05) is 18.8 Å². The van der Waals surface area contributed by atoms with Gasteiger partial charge in [0.05, 0.1) is 16.9 Å². The van der Waals surface area contributed by atoms with Gasteiger partial charge in [0.2, 0.25) is 11.8 Å². The minimum Gasteiger partial charge on any atom is -0.480 e. The van der Waals surface area contributed by atoms with Crippen molar-refractivity contribution >= 4 is 42.2 Å². The Balaban J connectivity index is 1.80. The molecule has 0 unspecified atom stereocenters. The van der Waals surface area contributed by atoms with Crippen LogP contribution < -0.4 is 5.32 Å². The van der Waals surface area contributed by atoms with E-state index in [1.165, 1.54) is 4.90 Å². The fraction of sp³-hybridized carbons (Fsp3) is 0.370. The van der Waals surface area contributed by atoms with Crippen LogP contribution in [0.25, 0.3) is 0 Å². The number of carbonyl (C=O) groups is 5. The van der Waals surface area contributed by atoms with E-state index in [4.69, 9.17) is 0 Å². The van der Waals surface area contributed by atoms with Crippen LogP contribution in [0.4, 0.5) is 0 Å². The van der Waals surface area contributed by atoms with Gasteiger partial charge in [-0.3, -0.25) is 24.1 Å². The number of fused-ring (bicyclic) bond motifs is 1. The first kappa shape index (κ1) is 27.9. The molecular weight excluding hydrogens is 494 g/mol. The van der Waals surface area contributed by atoms with E-state index in [1.54, 1.807) is 48.5 Å². The number of thiol groups is 1. The van der Waals surface area contributed by atoms with Crippen LogP contribution >= 0.6 is 12.6 Å². The average Bonchev–Trinajstić information content (AvgIpc) is 3.12. The van der Waals surface area contributed by atoms with Gasteiger partial charge in [0.1, 0.15) is 12.1 Å². The van der Waals surface area contributed by atoms with Crippen LogP contribution in [0.1, 0.15) is 46.5 Å². The molecule has 0 spiro atoms. The van der Waals surface area contributed by atoms with Gasteiger partial charge in [-0.2, -0.15) is 12.6 Å². The molecule has 0 bridgehead atoms. The van der Waals surface area contributed by atoms with Gasteiger partial charge >= 0.3 is 5.97 Å². The van der Waals surface area contributed by atoms with Gasteiger partial charge in [0.25, 0.3) is 11.8 Å². The Morgan fingerprint density at radius 3 is 2.05 bits per heavy atom. The van der Waals surface area contributed by atoms with Crippen molar-refractivity contribution in [1.82, 2.24) is 15.1 Å². The number of rotatable bonds is 12. The predicted molar refractivity (Wildman–Crippen MR) is 140 cm³/mol. The van der Waals surface area contributed by atoms with Crippen molar-refractivity contribution in [2.24, 2.45) is 5.92 Å². The van der Waals surface area contributed by atoms with E-state index in [0.29, 0.717) is 11.1 Å². The van der Waals surface area contributed by atoms with Crippen LogP contribution in [0.2, 0.25) is 0 Å². The number of nitrogens with one attached hydrogen (secondary N) is 1. The third kappa shape index (κ3) is 6.76. The van der Waals surface area contributed by atoms with Crippen molar-refractivity contribution in [2.45, 2.75) is 38.8 Å². The molecule has 0 aliphatic carbocycles. The van der Waals surface area contributed by atoms with Gasteiger partial charge < -0.3 is 15.3 Å². The molecule has 0 saturated heterocycles. The summed E-state index contributed by atoms with van der Waals surface area (Å²) in [5, 5.41) is 12.3. The lowest BCUT2D eigenvalue weighted by atomic mass is 10.00. The van der Waals surface area contributed by atoms with Gasteiger partial charge in [-0.15, -0.1) is 0 Å². The quantitative estimate of drug-likeness (QED) is 0.289. The van der Waals surface area contributed by atoms with Crippen molar-refractivity contribution in [3.05, 3.63) is 71.3 Å². The third-order valence-corrected chi connectivity index (χ3v) is 6.44. The minimum atomic E-state index is -1.20. The number of nitrogens with zero attached hydrogens (tertiary/aromatic N) is 2. The van der Waals surface area contributed by atoms with E-state index in [2.05, 4.69) is 17.9 Å². The first-order chi connectivity index (χ1) is 17.6. The number of amides is 4. The highest BCUT2D eigenvalue weighted by molar-refractivity contribution is 7.81. The maximum atomic E-state index is 13.4. The molecule has 0 fully saturated rings. The Morgan fingerprint density at radius 2 is 1.54 bits per heavy atom. The second-order valence-corrected chi connectivity index (χ2v) is 9.60. The number of carboxylic acid groups (broad SMARTS) is 1. The third-order valence-electron chi connectivity index (χ3n) is 6.17. The molecule has 0 aromatic heterocycles. The maximum Gasteiger partial charge on any atom is 0.326 e. The molecule has 3 rings (SSSR count). The van der Waals surface area contributed by atoms with Gasteiger partial charge in [0.15, 0.2) is 0 Å². The fourth-order valence-corrected chi connectivity index (χ4v) is 4.52. The molecule has 4 amide bonds. The lowest BCUT2D eigenvalue weighted by Gasteiger charge is -2.33. The molecule has 2 aromatic rings. The SMILES string of the molecule is CC(C)C[C@@H](C(=O)N[C@@H](Cc1ccccc1)C(=O)O)N(CCN1C(=O)c2ccccc2C1=O)C(=O)CS. The van der Waals surface area contributed by atoms with E-state index in [-0.39, 0.29) is 37.6 Å². The molecule has 0 radical (unpaired) electrons. The highest BCUT2D eigenvalue weighted by Crippen LogP contribution is 2.23. The summed E-state index contributed by atoms with van der Waals surface area (Å²) in [4.78, 5) is 66.1. The van der Waals surface area contributed by atoms with Gasteiger partial charge in [-0.25, -0.2) is 4.79 Å². The molecule has 0 saturated carbocycles. The van der Waals surface area contributed by atoms with Crippen LogP contribution in [0.3, 0.4) is 0 Å². The van der Waals surface area contributed by atoms with Gasteiger partial charge in [-0.1, -0.05) is 56.3 Å². The van der Waals surface area contributed by atoms with Crippen LogP contribution in [0, 0.1) is 5.92 Å². The summed E-state index contributed by atoms with van der Waals surface area (Å²) in [7, 11) is 0. The smallest absolute Gasteiger partial charge is 0.326 e. The fourth-order valence-electron chi connectivity index (χ4n) is 4.34. The second kappa shape index (κ2) is 12.5. The molecule has 1 heterocycles. The molecule has 2 atom stereocenters. The van der Waals surface area contributed by atoms with Crippen molar-refractivity contribution in [3.8, 4) is 0 Å². The lowest BCUT2D eigenvalue weighted by molar-refractivity contribution is -0.144. The topological polar surface area (TPSA) is 124 Å². The van der Waals surface area contributed by atoms with Gasteiger partial charge in [-0.05, 0) is 30.0 Å². The number of imide groups is 1. The van der Waals surface area contributed by atoms with Crippen LogP contribution in [0.5, 0.6) is 0 Å². The zero-order valence-corrected chi connectivity index (χ0v) is 21.7. The normalized spacial score (nSPS) is 14.3. The molecule has 1 aliphatic heterocycles. The molecule has 196 valence electrons. The molecule has 10 heteroatoms. The van der Waals surface area contributed by atoms with E-state index in [0.717, 1.165) is 10.5 Å². The first-order valence-corrected chi connectivity index (χ1v) is 12.7. The average molecular weight is 526 g/mol. The summed E-state index contributed by atoms with van der Waals surface area (Å²) in [5.74, 6) is -3.40. The Labute approximate surface area is 221 Å². The molecule has 37 heavy (non-hydrogen) atoms. The number of carboxylic acids is 1. The summed E-state index contributed by atoms with van der Waals surface area (Å²) in [6.45, 7) is 3.56. The molecule has 9 nitrogen and oxygen atoms in total. The highest BCUT2D eigenvalue weighted by Gasteiger charge is 2.37. The lowest BCUT2D eigenvalue weighted by Crippen LogP contribution is -2.56. The molecular formula is C27H31N3O6S. The number of carbonyl (C=O) groups excluding carboxylic acids is 4. The second-order valence-electron chi connectivity index (χ2n) is 9.29. The Bertz CT molecular complexity index is 1130. The Kier molecular flexibility index (Phi) is 9.46. The van der Waals surface area contributed by atoms with Crippen LogP contribution in [0.15, 0.2) is 54.6 Å². The van der Waals surface area contributed by atoms with E-state index >= 15 is 0 Å². The molecule has 2 aromatic carbocycles. The summed E-state index contributed by atoms with van der Waals surface area (Å²) in [6, 6.07) is 13.2. The number of aliphatic carboxylic acids is 1. The largest absolute Gasteiger partial charge is 0.480 e. The van der Waals surface area contributed by atoms with Crippen molar-refractivity contribution in [1.29, 1.82) is 0 Å². The standard InChI is InChI=1S/C27H31N3O6S/c1-17(2)14-22(24(32)28-21(27(35)36)15-18-8-4-3-5-9-18)29(23(31)16-37)12-13-30-25(33)19-10-6-7-11-20(19)26(30)34/h3-11,17,21-22,37H,12-16H2,1-2H3,(H,28,32)(H,35,36)/t21-,22-/m0/s1. The summed E-state index contributed by atoms with van der Waals surface area (Å²) < 4.78 is 0.